The van der Waals surface area contributed by atoms with E-state index in [0.717, 1.165) is 6.07 Å². The third-order valence-electron chi connectivity index (χ3n) is 2.18. The van der Waals surface area contributed by atoms with Gasteiger partial charge in [-0.3, -0.25) is 10.2 Å². The fourth-order valence-corrected chi connectivity index (χ4v) is 1.26. The van der Waals surface area contributed by atoms with Crippen LogP contribution in [-0.2, 0) is 20.5 Å². The minimum Gasteiger partial charge on any atom is -0.461 e. The van der Waals surface area contributed by atoms with Crippen molar-refractivity contribution in [2.45, 2.75) is 13.1 Å². The number of hydrazone groups is 1. The Labute approximate surface area is 116 Å². The number of benzene rings is 1. The first-order valence-electron chi connectivity index (χ1n) is 5.62. The molecule has 5 nitrogen and oxygen atoms in total. The summed E-state index contributed by atoms with van der Waals surface area (Å²) in [5, 5.41) is 3.34. The number of rotatable bonds is 5. The second kappa shape index (κ2) is 6.82. The first-order chi connectivity index (χ1) is 9.79. The quantitative estimate of drug-likeness (QED) is 0.226. The first kappa shape index (κ1) is 16.6. The highest BCUT2D eigenvalue weighted by molar-refractivity contribution is 6.58. The SMILES string of the molecule is CCOC(=O)/C(C=O)=N/Nc1ccc(C(F)(F)F)c(F)c1. The Balaban J connectivity index is 2.91. The number of aldehydes is 1. The van der Waals surface area contributed by atoms with Gasteiger partial charge in [-0.2, -0.15) is 18.3 Å². The summed E-state index contributed by atoms with van der Waals surface area (Å²) in [6.45, 7) is 1.53. The lowest BCUT2D eigenvalue weighted by Gasteiger charge is -2.09. The summed E-state index contributed by atoms with van der Waals surface area (Å²) in [6.07, 6.45) is -4.71. The topological polar surface area (TPSA) is 67.8 Å². The average Bonchev–Trinajstić information content (AvgIpc) is 2.38. The molecule has 0 heterocycles. The van der Waals surface area contributed by atoms with Gasteiger partial charge < -0.3 is 4.74 Å². The Kier molecular flexibility index (Phi) is 5.39. The van der Waals surface area contributed by atoms with Gasteiger partial charge in [0, 0.05) is 0 Å². The van der Waals surface area contributed by atoms with E-state index in [1.54, 1.807) is 0 Å². The second-order valence-corrected chi connectivity index (χ2v) is 3.64. The second-order valence-electron chi connectivity index (χ2n) is 3.64. The zero-order chi connectivity index (χ0) is 16.0. The van der Waals surface area contributed by atoms with Crippen LogP contribution in [0.1, 0.15) is 12.5 Å². The lowest BCUT2D eigenvalue weighted by Crippen LogP contribution is -2.20. The van der Waals surface area contributed by atoms with Gasteiger partial charge in [0.15, 0.2) is 6.29 Å². The van der Waals surface area contributed by atoms with Crippen LogP contribution < -0.4 is 5.43 Å². The van der Waals surface area contributed by atoms with Crippen LogP contribution in [0.3, 0.4) is 0 Å². The van der Waals surface area contributed by atoms with Crippen molar-refractivity contribution in [2.75, 3.05) is 12.0 Å². The number of alkyl halides is 3. The van der Waals surface area contributed by atoms with Crippen LogP contribution in [0.4, 0.5) is 23.2 Å². The maximum absolute atomic E-state index is 13.3. The van der Waals surface area contributed by atoms with E-state index in [2.05, 4.69) is 15.3 Å². The van der Waals surface area contributed by atoms with Gasteiger partial charge in [-0.05, 0) is 25.1 Å². The normalized spacial score (nSPS) is 12.0. The van der Waals surface area contributed by atoms with Crippen molar-refractivity contribution in [3.8, 4) is 0 Å². The Morgan fingerprint density at radius 2 is 2.10 bits per heavy atom. The van der Waals surface area contributed by atoms with Gasteiger partial charge in [-0.1, -0.05) is 0 Å². The van der Waals surface area contributed by atoms with Crippen molar-refractivity contribution in [3.05, 3.63) is 29.6 Å². The summed E-state index contributed by atoms with van der Waals surface area (Å²) in [7, 11) is 0. The molecule has 0 atom stereocenters. The predicted octanol–water partition coefficient (Wildman–Crippen LogP) is 2.37. The number of hydrogen-bond donors (Lipinski definition) is 1. The lowest BCUT2D eigenvalue weighted by molar-refractivity contribution is -0.140. The molecule has 9 heteroatoms. The molecule has 21 heavy (non-hydrogen) atoms. The molecule has 0 aromatic heterocycles. The van der Waals surface area contributed by atoms with Crippen LogP contribution in [0.2, 0.25) is 0 Å². The molecule has 0 amide bonds. The standard InChI is InChI=1S/C12H10F4N2O3/c1-2-21-11(20)10(6-19)18-17-7-3-4-8(9(13)5-7)12(14,15)16/h3-6,17H,2H2,1H3/b18-10+. The molecule has 0 aliphatic carbocycles. The predicted molar refractivity (Wildman–Crippen MR) is 65.2 cm³/mol. The van der Waals surface area contributed by atoms with Crippen molar-refractivity contribution in [1.29, 1.82) is 0 Å². The Morgan fingerprint density at radius 3 is 2.57 bits per heavy atom. The molecule has 0 bridgehead atoms. The van der Waals surface area contributed by atoms with E-state index < -0.39 is 29.2 Å². The third kappa shape index (κ3) is 4.55. The molecule has 0 spiro atoms. The molecule has 0 unspecified atom stereocenters. The molecule has 0 aliphatic rings. The van der Waals surface area contributed by atoms with Crippen molar-refractivity contribution in [2.24, 2.45) is 5.10 Å². The molecule has 0 saturated carbocycles. The highest BCUT2D eigenvalue weighted by Gasteiger charge is 2.33. The lowest BCUT2D eigenvalue weighted by atomic mass is 10.2. The van der Waals surface area contributed by atoms with Crippen molar-refractivity contribution >= 4 is 23.7 Å². The van der Waals surface area contributed by atoms with Gasteiger partial charge >= 0.3 is 12.1 Å². The minimum absolute atomic E-state index is 0.0145. The molecule has 0 saturated heterocycles. The molecular formula is C12H10F4N2O3. The Morgan fingerprint density at radius 1 is 1.43 bits per heavy atom. The summed E-state index contributed by atoms with van der Waals surface area (Å²) < 4.78 is 54.8. The van der Waals surface area contributed by atoms with Crippen LogP contribution in [0.15, 0.2) is 23.3 Å². The van der Waals surface area contributed by atoms with Crippen LogP contribution in [-0.4, -0.2) is 24.6 Å². The van der Waals surface area contributed by atoms with Crippen LogP contribution in [0, 0.1) is 5.82 Å². The Hall–Kier alpha value is -2.45. The molecule has 0 aliphatic heterocycles. The van der Waals surface area contributed by atoms with E-state index in [4.69, 9.17) is 0 Å². The van der Waals surface area contributed by atoms with Crippen LogP contribution in [0.25, 0.3) is 0 Å². The number of carbonyl (C=O) groups is 2. The fraction of sp³-hybridized carbons (Fsp3) is 0.250. The van der Waals surface area contributed by atoms with Gasteiger partial charge in [-0.25, -0.2) is 9.18 Å². The maximum Gasteiger partial charge on any atom is 0.419 e. The van der Waals surface area contributed by atoms with E-state index in [0.29, 0.717) is 12.1 Å². The molecule has 1 N–H and O–H groups in total. The Bertz CT molecular complexity index is 570. The average molecular weight is 306 g/mol. The summed E-state index contributed by atoms with van der Waals surface area (Å²) >= 11 is 0. The summed E-state index contributed by atoms with van der Waals surface area (Å²) in [6, 6.07) is 1.96. The van der Waals surface area contributed by atoms with Gasteiger partial charge in [0.2, 0.25) is 5.71 Å². The number of hydrogen-bond acceptors (Lipinski definition) is 5. The van der Waals surface area contributed by atoms with Gasteiger partial charge in [0.05, 0.1) is 17.9 Å². The first-order valence-corrected chi connectivity index (χ1v) is 5.62. The molecule has 114 valence electrons. The number of esters is 1. The monoisotopic (exact) mass is 306 g/mol. The number of ether oxygens (including phenoxy) is 1. The molecule has 1 rings (SSSR count). The zero-order valence-corrected chi connectivity index (χ0v) is 10.7. The summed E-state index contributed by atoms with van der Waals surface area (Å²) in [4.78, 5) is 21.8. The number of nitrogens with one attached hydrogen (secondary N) is 1. The van der Waals surface area contributed by atoms with Gasteiger partial charge in [0.1, 0.15) is 5.82 Å². The highest BCUT2D eigenvalue weighted by atomic mass is 19.4. The number of nitrogens with zero attached hydrogens (tertiary/aromatic N) is 1. The maximum atomic E-state index is 13.3. The third-order valence-corrected chi connectivity index (χ3v) is 2.18. The van der Waals surface area contributed by atoms with E-state index >= 15 is 0 Å². The van der Waals surface area contributed by atoms with Gasteiger partial charge in [-0.15, -0.1) is 0 Å². The van der Waals surface area contributed by atoms with Crippen molar-refractivity contribution < 1.29 is 31.9 Å². The van der Waals surface area contributed by atoms with Crippen molar-refractivity contribution in [3.63, 3.8) is 0 Å². The molecule has 0 radical (unpaired) electrons. The number of anilines is 1. The fourth-order valence-electron chi connectivity index (χ4n) is 1.26. The largest absolute Gasteiger partial charge is 0.461 e. The highest BCUT2D eigenvalue weighted by Crippen LogP contribution is 2.32. The summed E-state index contributed by atoms with van der Waals surface area (Å²) in [5.74, 6) is -2.51. The zero-order valence-electron chi connectivity index (χ0n) is 10.7. The summed E-state index contributed by atoms with van der Waals surface area (Å²) in [5.41, 5.74) is -0.120. The number of carbonyl (C=O) groups excluding carboxylic acids is 2. The van der Waals surface area contributed by atoms with Crippen LogP contribution >= 0.6 is 0 Å². The van der Waals surface area contributed by atoms with E-state index in [-0.39, 0.29) is 18.6 Å². The van der Waals surface area contributed by atoms with Gasteiger partial charge in [0.25, 0.3) is 0 Å². The number of halogens is 4. The molecule has 0 fully saturated rings. The van der Waals surface area contributed by atoms with E-state index in [1.165, 1.54) is 6.92 Å². The minimum atomic E-state index is -4.81. The van der Waals surface area contributed by atoms with E-state index in [9.17, 15) is 27.2 Å². The molecule has 1 aromatic rings. The van der Waals surface area contributed by atoms with E-state index in [1.807, 2.05) is 0 Å². The molecular weight excluding hydrogens is 296 g/mol. The van der Waals surface area contributed by atoms with Crippen LogP contribution in [0.5, 0.6) is 0 Å². The van der Waals surface area contributed by atoms with Crippen molar-refractivity contribution in [1.82, 2.24) is 0 Å². The smallest absolute Gasteiger partial charge is 0.419 e. The molecule has 1 aromatic carbocycles.